The molecule has 3 N–H and O–H groups in total. The Hall–Kier alpha value is -3.91. The van der Waals surface area contributed by atoms with Crippen molar-refractivity contribution in [3.05, 3.63) is 91.0 Å². The van der Waals surface area contributed by atoms with E-state index in [4.69, 9.17) is 9.47 Å². The minimum atomic E-state index is -0.646. The third-order valence-corrected chi connectivity index (χ3v) is 6.84. The third-order valence-electron chi connectivity index (χ3n) is 6.84. The summed E-state index contributed by atoms with van der Waals surface area (Å²) in [5.74, 6) is -0.864. The fraction of sp³-hybridized carbons (Fsp3) is 0.441. The number of amides is 2. The molecule has 0 aliphatic heterocycles. The molecule has 2 amide bonds. The molecule has 2 aromatic rings. The summed E-state index contributed by atoms with van der Waals surface area (Å²) in [7, 11) is 0. The SMILES string of the molecule is C=CCCCC(=O)OC[C@@H](NC(=O)[C@H](CC=C)CC(=O)N[C@H](CO)Cc1ccc(OCc2ccccc2)cc1)C(C)C. The average molecular weight is 579 g/mol. The van der Waals surface area contributed by atoms with Crippen molar-refractivity contribution in [1.82, 2.24) is 10.6 Å². The first-order chi connectivity index (χ1) is 20.2. The van der Waals surface area contributed by atoms with Crippen molar-refractivity contribution in [2.75, 3.05) is 13.2 Å². The molecule has 2 aromatic carbocycles. The van der Waals surface area contributed by atoms with Crippen LogP contribution in [0.15, 0.2) is 79.9 Å². The van der Waals surface area contributed by atoms with E-state index in [1.54, 1.807) is 12.2 Å². The van der Waals surface area contributed by atoms with Crippen LogP contribution < -0.4 is 15.4 Å². The lowest BCUT2D eigenvalue weighted by Crippen LogP contribution is -2.46. The van der Waals surface area contributed by atoms with E-state index in [1.165, 1.54) is 0 Å². The summed E-state index contributed by atoms with van der Waals surface area (Å²) in [4.78, 5) is 38.0. The number of hydrogen-bond donors (Lipinski definition) is 3. The van der Waals surface area contributed by atoms with Gasteiger partial charge in [-0.3, -0.25) is 14.4 Å². The fourth-order valence-electron chi connectivity index (χ4n) is 4.25. The van der Waals surface area contributed by atoms with Gasteiger partial charge in [0.25, 0.3) is 0 Å². The zero-order chi connectivity index (χ0) is 30.7. The number of esters is 1. The van der Waals surface area contributed by atoms with Crippen molar-refractivity contribution in [2.45, 2.75) is 71.1 Å². The van der Waals surface area contributed by atoms with Gasteiger partial charge in [-0.05, 0) is 54.9 Å². The molecule has 0 unspecified atom stereocenters. The zero-order valence-electron chi connectivity index (χ0n) is 24.9. The van der Waals surface area contributed by atoms with Gasteiger partial charge >= 0.3 is 5.97 Å². The lowest BCUT2D eigenvalue weighted by molar-refractivity contribution is -0.145. The van der Waals surface area contributed by atoms with E-state index < -0.39 is 12.0 Å². The van der Waals surface area contributed by atoms with E-state index in [9.17, 15) is 19.5 Å². The third kappa shape index (κ3) is 13.2. The molecule has 0 radical (unpaired) electrons. The minimum Gasteiger partial charge on any atom is -0.489 e. The Labute approximate surface area is 250 Å². The van der Waals surface area contributed by atoms with E-state index in [1.807, 2.05) is 68.4 Å². The highest BCUT2D eigenvalue weighted by Crippen LogP contribution is 2.17. The van der Waals surface area contributed by atoms with Gasteiger partial charge in [-0.15, -0.1) is 13.2 Å². The number of aliphatic hydroxyl groups excluding tert-OH is 1. The first-order valence-corrected chi connectivity index (χ1v) is 14.6. The standard InChI is InChI=1S/C34H46N2O6/c1-5-7-9-15-33(39)42-24-31(25(3)4)36-34(40)28(12-6-2)21-32(38)35-29(22-37)20-26-16-18-30(19-17-26)41-23-27-13-10-8-11-14-27/h5-6,8,10-11,13-14,16-19,25,28-29,31,37H,1-2,7,9,12,15,20-24H2,3-4H3,(H,35,38)(H,36,40)/t28-,29+,31-/m1/s1. The highest BCUT2D eigenvalue weighted by atomic mass is 16.5. The van der Waals surface area contributed by atoms with Gasteiger partial charge in [-0.2, -0.15) is 0 Å². The Morgan fingerprint density at radius 3 is 2.29 bits per heavy atom. The Morgan fingerprint density at radius 1 is 0.952 bits per heavy atom. The van der Waals surface area contributed by atoms with Crippen molar-refractivity contribution in [3.8, 4) is 5.75 Å². The number of rotatable bonds is 20. The maximum Gasteiger partial charge on any atom is 0.305 e. The largest absolute Gasteiger partial charge is 0.489 e. The maximum absolute atomic E-state index is 13.1. The van der Waals surface area contributed by atoms with Crippen LogP contribution in [0.1, 0.15) is 57.1 Å². The molecule has 8 heteroatoms. The molecule has 0 aliphatic carbocycles. The number of carbonyl (C=O) groups is 3. The van der Waals surface area contributed by atoms with Crippen LogP contribution in [0.2, 0.25) is 0 Å². The molecule has 0 fully saturated rings. The lowest BCUT2D eigenvalue weighted by atomic mass is 9.97. The molecule has 0 heterocycles. The molecular formula is C34H46N2O6. The molecule has 0 bridgehead atoms. The fourth-order valence-corrected chi connectivity index (χ4v) is 4.25. The van der Waals surface area contributed by atoms with Crippen molar-refractivity contribution < 1.29 is 29.0 Å². The molecule has 2 rings (SSSR count). The van der Waals surface area contributed by atoms with Crippen molar-refractivity contribution in [1.29, 1.82) is 0 Å². The van der Waals surface area contributed by atoms with Crippen LogP contribution in [0.25, 0.3) is 0 Å². The number of ether oxygens (including phenoxy) is 2. The first-order valence-electron chi connectivity index (χ1n) is 14.6. The number of hydrogen-bond acceptors (Lipinski definition) is 6. The van der Waals surface area contributed by atoms with Crippen LogP contribution in [-0.2, 0) is 32.1 Å². The van der Waals surface area contributed by atoms with Crippen molar-refractivity contribution in [2.24, 2.45) is 11.8 Å². The predicted molar refractivity (Wildman–Crippen MR) is 165 cm³/mol. The summed E-state index contributed by atoms with van der Waals surface area (Å²) in [5, 5.41) is 15.7. The van der Waals surface area contributed by atoms with Gasteiger partial charge in [-0.25, -0.2) is 0 Å². The molecule has 8 nitrogen and oxygen atoms in total. The van der Waals surface area contributed by atoms with Gasteiger partial charge in [0, 0.05) is 12.8 Å². The minimum absolute atomic E-state index is 0.0158. The second kappa shape index (κ2) is 19.3. The summed E-state index contributed by atoms with van der Waals surface area (Å²) in [5.41, 5.74) is 2.01. The monoisotopic (exact) mass is 578 g/mol. The van der Waals surface area contributed by atoms with Crippen molar-refractivity contribution in [3.63, 3.8) is 0 Å². The normalized spacial score (nSPS) is 13.0. The van der Waals surface area contributed by atoms with Gasteiger partial charge < -0.3 is 25.2 Å². The first kappa shape index (κ1) is 34.3. The molecule has 0 saturated heterocycles. The molecule has 0 spiro atoms. The van der Waals surface area contributed by atoms with E-state index in [0.717, 1.165) is 23.3 Å². The Kier molecular flexibility index (Phi) is 15.7. The highest BCUT2D eigenvalue weighted by Gasteiger charge is 2.26. The highest BCUT2D eigenvalue weighted by molar-refractivity contribution is 5.86. The van der Waals surface area contributed by atoms with Crippen LogP contribution >= 0.6 is 0 Å². The average Bonchev–Trinajstić information content (AvgIpc) is 2.98. The summed E-state index contributed by atoms with van der Waals surface area (Å²) >= 11 is 0. The number of benzene rings is 2. The number of aliphatic hydroxyl groups is 1. The number of allylic oxidation sites excluding steroid dienone is 2. The molecule has 228 valence electrons. The molecular weight excluding hydrogens is 532 g/mol. The van der Waals surface area contributed by atoms with Crippen LogP contribution in [0.5, 0.6) is 5.75 Å². The Morgan fingerprint density at radius 2 is 1.67 bits per heavy atom. The second-order valence-corrected chi connectivity index (χ2v) is 10.7. The summed E-state index contributed by atoms with van der Waals surface area (Å²) in [6.07, 6.45) is 5.72. The van der Waals surface area contributed by atoms with E-state index in [2.05, 4.69) is 23.8 Å². The maximum atomic E-state index is 13.1. The van der Waals surface area contributed by atoms with E-state index in [-0.39, 0.29) is 49.4 Å². The van der Waals surface area contributed by atoms with Crippen LogP contribution in [0.3, 0.4) is 0 Å². The van der Waals surface area contributed by atoms with Crippen LogP contribution in [-0.4, -0.2) is 48.2 Å². The molecule has 0 saturated carbocycles. The summed E-state index contributed by atoms with van der Waals surface area (Å²) < 4.78 is 11.2. The van der Waals surface area contributed by atoms with Crippen molar-refractivity contribution >= 4 is 17.8 Å². The Bertz CT molecular complexity index is 1120. The van der Waals surface area contributed by atoms with Crippen LogP contribution in [0.4, 0.5) is 0 Å². The van der Waals surface area contributed by atoms with E-state index >= 15 is 0 Å². The number of unbranched alkanes of at least 4 members (excludes halogenated alkanes) is 1. The Balaban J connectivity index is 1.87. The molecule has 0 aliphatic rings. The van der Waals surface area contributed by atoms with Gasteiger partial charge in [0.05, 0.1) is 24.6 Å². The van der Waals surface area contributed by atoms with Gasteiger partial charge in [-0.1, -0.05) is 68.5 Å². The van der Waals surface area contributed by atoms with Gasteiger partial charge in [0.1, 0.15) is 19.0 Å². The molecule has 3 atom stereocenters. The smallest absolute Gasteiger partial charge is 0.305 e. The second-order valence-electron chi connectivity index (χ2n) is 10.7. The topological polar surface area (TPSA) is 114 Å². The zero-order valence-corrected chi connectivity index (χ0v) is 24.9. The number of carbonyl (C=O) groups excluding carboxylic acids is 3. The van der Waals surface area contributed by atoms with Gasteiger partial charge in [0.15, 0.2) is 0 Å². The summed E-state index contributed by atoms with van der Waals surface area (Å²) in [6.45, 7) is 11.5. The van der Waals surface area contributed by atoms with Crippen LogP contribution in [0, 0.1) is 11.8 Å². The predicted octanol–water partition coefficient (Wildman–Crippen LogP) is 4.91. The lowest BCUT2D eigenvalue weighted by Gasteiger charge is -2.25. The van der Waals surface area contributed by atoms with Gasteiger partial charge in [0.2, 0.25) is 11.8 Å². The number of nitrogens with one attached hydrogen (secondary N) is 2. The summed E-state index contributed by atoms with van der Waals surface area (Å²) in [6, 6.07) is 16.5. The van der Waals surface area contributed by atoms with E-state index in [0.29, 0.717) is 32.3 Å². The quantitative estimate of drug-likeness (QED) is 0.117. The molecule has 0 aromatic heterocycles. The molecule has 42 heavy (non-hydrogen) atoms.